The lowest BCUT2D eigenvalue weighted by Gasteiger charge is -2.18. The highest BCUT2D eigenvalue weighted by Gasteiger charge is 2.38. The van der Waals surface area contributed by atoms with Crippen LogP contribution in [0.2, 0.25) is 0 Å². The first kappa shape index (κ1) is 15.6. The first-order valence-corrected chi connectivity index (χ1v) is 6.62. The summed E-state index contributed by atoms with van der Waals surface area (Å²) >= 11 is 0. The van der Waals surface area contributed by atoms with Gasteiger partial charge in [0.15, 0.2) is 6.10 Å². The lowest BCUT2D eigenvalue weighted by atomic mass is 10.3. The number of nitrogen functional groups attached to an aromatic ring is 1. The van der Waals surface area contributed by atoms with Crippen molar-refractivity contribution >= 4 is 15.7 Å². The molecular formula is C10H13F3N2O3S. The molecule has 3 N–H and O–H groups in total. The van der Waals surface area contributed by atoms with E-state index in [-0.39, 0.29) is 16.3 Å². The SMILES string of the molecule is CNS(=O)(=O)c1ccc(OC(C)C(F)(F)F)cc1N. The number of halogens is 3. The van der Waals surface area contributed by atoms with Crippen LogP contribution in [-0.4, -0.2) is 27.7 Å². The summed E-state index contributed by atoms with van der Waals surface area (Å²) in [6.07, 6.45) is -6.52. The van der Waals surface area contributed by atoms with Crippen LogP contribution in [0.25, 0.3) is 0 Å². The van der Waals surface area contributed by atoms with Gasteiger partial charge in [0.25, 0.3) is 0 Å². The number of hydrogen-bond donors (Lipinski definition) is 2. The number of benzene rings is 1. The molecule has 0 aliphatic rings. The van der Waals surface area contributed by atoms with E-state index in [2.05, 4.69) is 9.46 Å². The molecule has 0 aliphatic heterocycles. The predicted octanol–water partition coefficient (Wildman–Crippen LogP) is 1.51. The molecule has 0 fully saturated rings. The number of ether oxygens (including phenoxy) is 1. The monoisotopic (exact) mass is 298 g/mol. The second kappa shape index (κ2) is 5.25. The van der Waals surface area contributed by atoms with Crippen LogP contribution >= 0.6 is 0 Å². The molecule has 1 unspecified atom stereocenters. The Hall–Kier alpha value is -1.48. The van der Waals surface area contributed by atoms with Gasteiger partial charge in [0.2, 0.25) is 10.0 Å². The smallest absolute Gasteiger partial charge is 0.425 e. The molecule has 1 aromatic carbocycles. The Morgan fingerprint density at radius 3 is 2.37 bits per heavy atom. The minimum absolute atomic E-state index is 0.155. The lowest BCUT2D eigenvalue weighted by molar-refractivity contribution is -0.189. The zero-order valence-corrected chi connectivity index (χ0v) is 11.0. The number of sulfonamides is 1. The van der Waals surface area contributed by atoms with Gasteiger partial charge in [-0.15, -0.1) is 0 Å². The molecule has 5 nitrogen and oxygen atoms in total. The van der Waals surface area contributed by atoms with Crippen LogP contribution in [0, 0.1) is 0 Å². The van der Waals surface area contributed by atoms with Crippen molar-refractivity contribution in [3.05, 3.63) is 18.2 Å². The average Bonchev–Trinajstić information content (AvgIpc) is 2.27. The van der Waals surface area contributed by atoms with Crippen molar-refractivity contribution in [1.82, 2.24) is 4.72 Å². The van der Waals surface area contributed by atoms with Crippen molar-refractivity contribution < 1.29 is 26.3 Å². The molecule has 0 heterocycles. The molecule has 19 heavy (non-hydrogen) atoms. The summed E-state index contributed by atoms with van der Waals surface area (Å²) in [4.78, 5) is -0.220. The van der Waals surface area contributed by atoms with Crippen molar-refractivity contribution in [2.75, 3.05) is 12.8 Å². The number of nitrogens with one attached hydrogen (secondary N) is 1. The second-order valence-electron chi connectivity index (χ2n) is 3.71. The summed E-state index contributed by atoms with van der Waals surface area (Å²) in [6.45, 7) is 0.842. The number of alkyl halides is 3. The van der Waals surface area contributed by atoms with Gasteiger partial charge in [-0.2, -0.15) is 13.2 Å². The standard InChI is InChI=1S/C10H13F3N2O3S/c1-6(10(11,12)13)18-7-3-4-9(8(14)5-7)19(16,17)15-2/h3-6,15H,14H2,1-2H3. The molecule has 108 valence electrons. The fraction of sp³-hybridized carbons (Fsp3) is 0.400. The Labute approximate surface area is 108 Å². The fourth-order valence-corrected chi connectivity index (χ4v) is 2.06. The topological polar surface area (TPSA) is 81.4 Å². The Bertz CT molecular complexity index is 558. The molecule has 0 radical (unpaired) electrons. The number of anilines is 1. The third kappa shape index (κ3) is 3.74. The Kier molecular flexibility index (Phi) is 4.31. The van der Waals surface area contributed by atoms with Crippen LogP contribution in [0.4, 0.5) is 18.9 Å². The first-order chi connectivity index (χ1) is 8.58. The van der Waals surface area contributed by atoms with Crippen LogP contribution < -0.4 is 15.2 Å². The highest BCUT2D eigenvalue weighted by atomic mass is 32.2. The number of hydrogen-bond acceptors (Lipinski definition) is 4. The predicted molar refractivity (Wildman–Crippen MR) is 63.2 cm³/mol. The van der Waals surface area contributed by atoms with Gasteiger partial charge in [-0.1, -0.05) is 0 Å². The molecule has 1 rings (SSSR count). The van der Waals surface area contributed by atoms with E-state index in [4.69, 9.17) is 5.73 Å². The molecule has 1 aromatic rings. The largest absolute Gasteiger partial charge is 0.481 e. The molecular weight excluding hydrogens is 285 g/mol. The molecule has 0 amide bonds. The normalized spacial score (nSPS) is 14.2. The molecule has 0 saturated heterocycles. The second-order valence-corrected chi connectivity index (χ2v) is 5.56. The quantitative estimate of drug-likeness (QED) is 0.826. The lowest BCUT2D eigenvalue weighted by Crippen LogP contribution is -2.31. The summed E-state index contributed by atoms with van der Waals surface area (Å²) in [5, 5.41) is 0. The van der Waals surface area contributed by atoms with Crippen LogP contribution in [0.15, 0.2) is 23.1 Å². The molecule has 9 heteroatoms. The van der Waals surface area contributed by atoms with E-state index < -0.39 is 22.3 Å². The van der Waals surface area contributed by atoms with Gasteiger partial charge in [0.1, 0.15) is 10.6 Å². The van der Waals surface area contributed by atoms with E-state index in [1.807, 2.05) is 0 Å². The molecule has 0 aromatic heterocycles. The zero-order valence-electron chi connectivity index (χ0n) is 10.2. The van der Waals surface area contributed by atoms with E-state index in [1.165, 1.54) is 7.05 Å². The molecule has 0 aliphatic carbocycles. The van der Waals surface area contributed by atoms with Crippen LogP contribution in [0.5, 0.6) is 5.75 Å². The number of rotatable bonds is 4. The van der Waals surface area contributed by atoms with Crippen molar-refractivity contribution in [2.24, 2.45) is 0 Å². The average molecular weight is 298 g/mol. The van der Waals surface area contributed by atoms with Crippen LogP contribution in [-0.2, 0) is 10.0 Å². The van der Waals surface area contributed by atoms with Gasteiger partial charge in [-0.25, -0.2) is 13.1 Å². The molecule has 0 spiro atoms. The van der Waals surface area contributed by atoms with Gasteiger partial charge in [0, 0.05) is 6.07 Å². The minimum atomic E-state index is -4.51. The van der Waals surface area contributed by atoms with Crippen LogP contribution in [0.1, 0.15) is 6.92 Å². The Morgan fingerprint density at radius 1 is 1.37 bits per heavy atom. The zero-order chi connectivity index (χ0) is 14.8. The fourth-order valence-electron chi connectivity index (χ4n) is 1.23. The first-order valence-electron chi connectivity index (χ1n) is 5.14. The van der Waals surface area contributed by atoms with Gasteiger partial charge in [-0.3, -0.25) is 0 Å². The van der Waals surface area contributed by atoms with Crippen molar-refractivity contribution in [1.29, 1.82) is 0 Å². The molecule has 1 atom stereocenters. The van der Waals surface area contributed by atoms with Gasteiger partial charge >= 0.3 is 6.18 Å². The highest BCUT2D eigenvalue weighted by Crippen LogP contribution is 2.28. The van der Waals surface area contributed by atoms with Crippen molar-refractivity contribution in [3.8, 4) is 5.75 Å². The van der Waals surface area contributed by atoms with Gasteiger partial charge in [0.05, 0.1) is 5.69 Å². The van der Waals surface area contributed by atoms with Gasteiger partial charge in [-0.05, 0) is 26.1 Å². The van der Waals surface area contributed by atoms with Crippen molar-refractivity contribution in [3.63, 3.8) is 0 Å². The Morgan fingerprint density at radius 2 is 1.95 bits per heavy atom. The maximum absolute atomic E-state index is 12.3. The van der Waals surface area contributed by atoms with Crippen molar-refractivity contribution in [2.45, 2.75) is 24.1 Å². The highest BCUT2D eigenvalue weighted by molar-refractivity contribution is 7.89. The summed E-state index contributed by atoms with van der Waals surface area (Å²) in [5.74, 6) is -0.155. The summed E-state index contributed by atoms with van der Waals surface area (Å²) in [7, 11) is -2.56. The summed E-state index contributed by atoms with van der Waals surface area (Å²) in [6, 6.07) is 3.23. The third-order valence-electron chi connectivity index (χ3n) is 2.31. The molecule has 0 saturated carbocycles. The number of nitrogens with two attached hydrogens (primary N) is 1. The van der Waals surface area contributed by atoms with Gasteiger partial charge < -0.3 is 10.5 Å². The van der Waals surface area contributed by atoms with E-state index in [0.717, 1.165) is 25.1 Å². The maximum atomic E-state index is 12.3. The van der Waals surface area contributed by atoms with E-state index >= 15 is 0 Å². The van der Waals surface area contributed by atoms with E-state index in [9.17, 15) is 21.6 Å². The van der Waals surface area contributed by atoms with E-state index in [0.29, 0.717) is 0 Å². The summed E-state index contributed by atoms with van der Waals surface area (Å²) < 4.78 is 66.6. The Balaban J connectivity index is 3.02. The minimum Gasteiger partial charge on any atom is -0.481 e. The van der Waals surface area contributed by atoms with E-state index in [1.54, 1.807) is 0 Å². The molecule has 0 bridgehead atoms. The third-order valence-corrected chi connectivity index (χ3v) is 3.80. The maximum Gasteiger partial charge on any atom is 0.425 e. The summed E-state index contributed by atoms with van der Waals surface area (Å²) in [5.41, 5.74) is 5.29. The van der Waals surface area contributed by atoms with Crippen LogP contribution in [0.3, 0.4) is 0 Å².